The summed E-state index contributed by atoms with van der Waals surface area (Å²) in [7, 11) is 0. The van der Waals surface area contributed by atoms with Crippen LogP contribution in [0.5, 0.6) is 0 Å². The van der Waals surface area contributed by atoms with E-state index in [1.54, 1.807) is 11.3 Å². The van der Waals surface area contributed by atoms with Crippen LogP contribution in [0.3, 0.4) is 0 Å². The van der Waals surface area contributed by atoms with Crippen molar-refractivity contribution in [2.24, 2.45) is 5.73 Å². The van der Waals surface area contributed by atoms with Gasteiger partial charge in [0.2, 0.25) is 5.91 Å². The predicted molar refractivity (Wildman–Crippen MR) is 64.2 cm³/mol. The third kappa shape index (κ3) is 2.10. The van der Waals surface area contributed by atoms with E-state index in [0.717, 1.165) is 11.4 Å². The van der Waals surface area contributed by atoms with Crippen LogP contribution in [0.15, 0.2) is 6.20 Å². The van der Waals surface area contributed by atoms with Crippen molar-refractivity contribution in [1.82, 2.24) is 9.88 Å². The summed E-state index contributed by atoms with van der Waals surface area (Å²) in [4.78, 5) is 19.2. The fourth-order valence-electron chi connectivity index (χ4n) is 1.95. The van der Waals surface area contributed by atoms with Crippen molar-refractivity contribution in [2.75, 3.05) is 6.54 Å². The molecule has 0 aliphatic carbocycles. The largest absolute Gasteiger partial charge is 0.332 e. The van der Waals surface area contributed by atoms with Crippen molar-refractivity contribution in [3.05, 3.63) is 16.1 Å². The molecule has 16 heavy (non-hydrogen) atoms. The number of likely N-dealkylation sites (tertiary alicyclic amines) is 1. The number of nitrogens with two attached hydrogens (primary N) is 1. The third-order valence-electron chi connectivity index (χ3n) is 2.93. The number of aromatic nitrogens is 1. The molecule has 2 rings (SSSR count). The van der Waals surface area contributed by atoms with Gasteiger partial charge in [-0.1, -0.05) is 6.92 Å². The number of hydrogen-bond donors (Lipinski definition) is 1. The van der Waals surface area contributed by atoms with E-state index in [9.17, 15) is 4.79 Å². The Labute approximate surface area is 99.5 Å². The second-order valence-corrected chi connectivity index (χ2v) is 5.35. The second-order valence-electron chi connectivity index (χ2n) is 4.20. The van der Waals surface area contributed by atoms with Crippen LogP contribution < -0.4 is 5.73 Å². The van der Waals surface area contributed by atoms with Gasteiger partial charge in [0.05, 0.1) is 6.04 Å². The molecule has 0 spiro atoms. The van der Waals surface area contributed by atoms with Gasteiger partial charge in [0.25, 0.3) is 0 Å². The van der Waals surface area contributed by atoms with E-state index in [4.69, 9.17) is 5.73 Å². The summed E-state index contributed by atoms with van der Waals surface area (Å²) in [6, 6.07) is 0.0481. The number of nitrogens with zero attached hydrogens (tertiary/aromatic N) is 2. The third-order valence-corrected chi connectivity index (χ3v) is 4.25. The minimum atomic E-state index is -0.0134. The van der Waals surface area contributed by atoms with Gasteiger partial charge in [0.15, 0.2) is 0 Å². The molecule has 1 saturated heterocycles. The van der Waals surface area contributed by atoms with Crippen LogP contribution in [0.1, 0.15) is 36.2 Å². The van der Waals surface area contributed by atoms with Crippen LogP contribution >= 0.6 is 11.3 Å². The number of thiazole rings is 1. The lowest BCUT2D eigenvalue weighted by atomic mass is 10.3. The van der Waals surface area contributed by atoms with E-state index in [1.807, 2.05) is 18.0 Å². The summed E-state index contributed by atoms with van der Waals surface area (Å²) >= 11 is 1.69. The SMILES string of the molecule is CCc1cnc(C(C)N2CC(N)CC2=O)s1. The molecule has 4 nitrogen and oxygen atoms in total. The molecule has 5 heteroatoms. The van der Waals surface area contributed by atoms with Crippen molar-refractivity contribution in [3.63, 3.8) is 0 Å². The topological polar surface area (TPSA) is 59.2 Å². The Morgan fingerprint density at radius 3 is 3.00 bits per heavy atom. The zero-order valence-corrected chi connectivity index (χ0v) is 10.5. The Bertz CT molecular complexity index is 390. The molecule has 1 amide bonds. The lowest BCUT2D eigenvalue weighted by Crippen LogP contribution is -2.30. The minimum absolute atomic E-state index is 0.0134. The molecule has 2 heterocycles. The number of carbonyl (C=O) groups excluding carboxylic acids is 1. The fourth-order valence-corrected chi connectivity index (χ4v) is 2.87. The molecular weight excluding hydrogens is 222 g/mol. The van der Waals surface area contributed by atoms with Gasteiger partial charge in [-0.15, -0.1) is 11.3 Å². The van der Waals surface area contributed by atoms with Crippen LogP contribution in [0, 0.1) is 0 Å². The van der Waals surface area contributed by atoms with Crippen LogP contribution in [0.25, 0.3) is 0 Å². The van der Waals surface area contributed by atoms with E-state index in [1.165, 1.54) is 4.88 Å². The van der Waals surface area contributed by atoms with E-state index in [2.05, 4.69) is 11.9 Å². The molecule has 1 aliphatic rings. The van der Waals surface area contributed by atoms with E-state index >= 15 is 0 Å². The zero-order valence-electron chi connectivity index (χ0n) is 9.64. The molecule has 1 aliphatic heterocycles. The summed E-state index contributed by atoms with van der Waals surface area (Å²) in [5.74, 6) is 0.147. The highest BCUT2D eigenvalue weighted by molar-refractivity contribution is 7.11. The molecule has 1 aromatic rings. The molecule has 1 aromatic heterocycles. The van der Waals surface area contributed by atoms with Crippen molar-refractivity contribution in [2.45, 2.75) is 38.8 Å². The van der Waals surface area contributed by atoms with Crippen molar-refractivity contribution in [3.8, 4) is 0 Å². The van der Waals surface area contributed by atoms with Gasteiger partial charge in [-0.05, 0) is 13.3 Å². The molecule has 2 atom stereocenters. The van der Waals surface area contributed by atoms with Crippen LogP contribution in [-0.2, 0) is 11.2 Å². The highest BCUT2D eigenvalue weighted by atomic mass is 32.1. The lowest BCUT2D eigenvalue weighted by Gasteiger charge is -2.22. The zero-order chi connectivity index (χ0) is 11.7. The van der Waals surface area contributed by atoms with Crippen LogP contribution in [0.4, 0.5) is 0 Å². The first-order valence-corrected chi connectivity index (χ1v) is 6.43. The maximum absolute atomic E-state index is 11.7. The average molecular weight is 239 g/mol. The Morgan fingerprint density at radius 2 is 2.50 bits per heavy atom. The Kier molecular flexibility index (Phi) is 3.25. The molecule has 2 unspecified atom stereocenters. The van der Waals surface area contributed by atoms with Crippen molar-refractivity contribution >= 4 is 17.2 Å². The fraction of sp³-hybridized carbons (Fsp3) is 0.636. The Hall–Kier alpha value is -0.940. The maximum atomic E-state index is 11.7. The summed E-state index contributed by atoms with van der Waals surface area (Å²) in [5, 5.41) is 1.01. The number of amides is 1. The summed E-state index contributed by atoms with van der Waals surface area (Å²) in [6.45, 7) is 4.79. The smallest absolute Gasteiger partial charge is 0.224 e. The maximum Gasteiger partial charge on any atom is 0.224 e. The molecule has 1 fully saturated rings. The first kappa shape index (κ1) is 11.5. The molecule has 2 N–H and O–H groups in total. The monoisotopic (exact) mass is 239 g/mol. The van der Waals surface area contributed by atoms with Gasteiger partial charge >= 0.3 is 0 Å². The average Bonchev–Trinajstić information content (AvgIpc) is 2.84. The quantitative estimate of drug-likeness (QED) is 0.865. The van der Waals surface area contributed by atoms with Gasteiger partial charge in [-0.25, -0.2) is 4.98 Å². The molecular formula is C11H17N3OS. The Balaban J connectivity index is 2.12. The summed E-state index contributed by atoms with van der Waals surface area (Å²) < 4.78 is 0. The first-order valence-electron chi connectivity index (χ1n) is 5.61. The van der Waals surface area contributed by atoms with Crippen LogP contribution in [0.2, 0.25) is 0 Å². The minimum Gasteiger partial charge on any atom is -0.332 e. The van der Waals surface area contributed by atoms with E-state index < -0.39 is 0 Å². The molecule has 0 bridgehead atoms. The van der Waals surface area contributed by atoms with Gasteiger partial charge in [0, 0.05) is 30.1 Å². The number of rotatable bonds is 3. The first-order chi connectivity index (χ1) is 7.61. The number of aryl methyl sites for hydroxylation is 1. The lowest BCUT2D eigenvalue weighted by molar-refractivity contribution is -0.129. The number of hydrogen-bond acceptors (Lipinski definition) is 4. The van der Waals surface area contributed by atoms with E-state index in [-0.39, 0.29) is 18.0 Å². The number of carbonyl (C=O) groups is 1. The van der Waals surface area contributed by atoms with Gasteiger partial charge in [-0.3, -0.25) is 4.79 Å². The van der Waals surface area contributed by atoms with Crippen molar-refractivity contribution in [1.29, 1.82) is 0 Å². The Morgan fingerprint density at radius 1 is 1.75 bits per heavy atom. The summed E-state index contributed by atoms with van der Waals surface area (Å²) in [5.41, 5.74) is 5.78. The standard InChI is InChI=1S/C11H17N3OS/c1-3-9-5-13-11(16-9)7(2)14-6-8(12)4-10(14)15/h5,7-8H,3-4,6,12H2,1-2H3. The predicted octanol–water partition coefficient (Wildman–Crippen LogP) is 1.33. The normalized spacial score (nSPS) is 22.8. The van der Waals surface area contributed by atoms with Crippen molar-refractivity contribution < 1.29 is 4.79 Å². The highest BCUT2D eigenvalue weighted by Gasteiger charge is 2.32. The highest BCUT2D eigenvalue weighted by Crippen LogP contribution is 2.28. The van der Waals surface area contributed by atoms with Gasteiger partial charge in [0.1, 0.15) is 5.01 Å². The second kappa shape index (κ2) is 4.51. The van der Waals surface area contributed by atoms with Crippen LogP contribution in [-0.4, -0.2) is 28.4 Å². The molecule has 0 saturated carbocycles. The molecule has 0 aromatic carbocycles. The van der Waals surface area contributed by atoms with Gasteiger partial charge < -0.3 is 10.6 Å². The van der Waals surface area contributed by atoms with Gasteiger partial charge in [-0.2, -0.15) is 0 Å². The van der Waals surface area contributed by atoms with E-state index in [0.29, 0.717) is 13.0 Å². The summed E-state index contributed by atoms with van der Waals surface area (Å²) in [6.07, 6.45) is 3.37. The molecule has 88 valence electrons. The molecule has 0 radical (unpaired) electrons.